The number of hydrogen-bond donors (Lipinski definition) is 2. The summed E-state index contributed by atoms with van der Waals surface area (Å²) < 4.78 is 1.33. The average molecular weight is 490 g/mol. The van der Waals surface area contributed by atoms with Gasteiger partial charge in [0.2, 0.25) is 0 Å². The van der Waals surface area contributed by atoms with Crippen LogP contribution in [0.15, 0.2) is 72.8 Å². The molecule has 2 amide bonds. The summed E-state index contributed by atoms with van der Waals surface area (Å²) in [4.78, 5) is 25.9. The molecule has 0 aliphatic heterocycles. The number of hydrogen-bond acceptors (Lipinski definition) is 4. The van der Waals surface area contributed by atoms with Gasteiger partial charge in [0.1, 0.15) is 11.6 Å². The first-order valence-corrected chi connectivity index (χ1v) is 10.9. The summed E-state index contributed by atoms with van der Waals surface area (Å²) >= 11 is 11.9. The maximum atomic E-state index is 13.0. The number of benzene rings is 3. The zero-order valence-electron chi connectivity index (χ0n) is 17.8. The van der Waals surface area contributed by atoms with Gasteiger partial charge in [-0.3, -0.25) is 9.59 Å². The van der Waals surface area contributed by atoms with Crippen molar-refractivity contribution < 1.29 is 9.59 Å². The highest BCUT2D eigenvalue weighted by Crippen LogP contribution is 2.26. The van der Waals surface area contributed by atoms with E-state index in [2.05, 4.69) is 15.7 Å². The number of halogens is 2. The summed E-state index contributed by atoms with van der Waals surface area (Å²) in [5.74, 6) is -1.03. The molecule has 0 spiro atoms. The van der Waals surface area contributed by atoms with Gasteiger partial charge in [0.05, 0.1) is 5.69 Å². The minimum Gasteiger partial charge on any atom is -0.321 e. The van der Waals surface area contributed by atoms with E-state index in [1.807, 2.05) is 25.1 Å². The Morgan fingerprint density at radius 1 is 0.853 bits per heavy atom. The first-order chi connectivity index (χ1) is 16.4. The summed E-state index contributed by atoms with van der Waals surface area (Å²) in [6, 6.07) is 22.1. The summed E-state index contributed by atoms with van der Waals surface area (Å²) in [7, 11) is 0. The molecule has 168 valence electrons. The van der Waals surface area contributed by atoms with Crippen molar-refractivity contribution >= 4 is 46.5 Å². The standard InChI is InChI=1S/C25H17Cl2N5O2/c1-15-2-10-19(11-3-15)29-25(34)22-21(14-28)23(30-24(33)16-4-6-17(26)7-5-16)32(31-22)20-12-8-18(27)9-13-20/h2-13H,1H3,(H,29,34)(H,30,33). The van der Waals surface area contributed by atoms with Crippen molar-refractivity contribution in [3.8, 4) is 11.8 Å². The molecule has 0 bridgehead atoms. The highest BCUT2D eigenvalue weighted by molar-refractivity contribution is 6.31. The number of rotatable bonds is 5. The Bertz CT molecular complexity index is 1400. The van der Waals surface area contributed by atoms with E-state index in [0.29, 0.717) is 27.0 Å². The van der Waals surface area contributed by atoms with E-state index in [9.17, 15) is 14.9 Å². The van der Waals surface area contributed by atoms with Crippen LogP contribution in [0, 0.1) is 18.3 Å². The van der Waals surface area contributed by atoms with Crippen molar-refractivity contribution in [2.45, 2.75) is 6.92 Å². The van der Waals surface area contributed by atoms with E-state index in [0.717, 1.165) is 5.56 Å². The van der Waals surface area contributed by atoms with Gasteiger partial charge in [-0.15, -0.1) is 0 Å². The second kappa shape index (κ2) is 9.79. The molecule has 0 fully saturated rings. The van der Waals surface area contributed by atoms with Crippen LogP contribution < -0.4 is 10.6 Å². The van der Waals surface area contributed by atoms with Crippen molar-refractivity contribution in [3.05, 3.63) is 105 Å². The minimum atomic E-state index is -0.588. The molecule has 1 heterocycles. The van der Waals surface area contributed by atoms with Gasteiger partial charge in [-0.2, -0.15) is 10.4 Å². The van der Waals surface area contributed by atoms with Crippen LogP contribution in [0.25, 0.3) is 5.69 Å². The molecule has 0 radical (unpaired) electrons. The van der Waals surface area contributed by atoms with E-state index in [4.69, 9.17) is 23.2 Å². The third-order valence-corrected chi connectivity index (χ3v) is 5.44. The third kappa shape index (κ3) is 4.94. The van der Waals surface area contributed by atoms with Gasteiger partial charge in [-0.05, 0) is 67.6 Å². The summed E-state index contributed by atoms with van der Waals surface area (Å²) in [5, 5.41) is 20.7. The molecule has 2 N–H and O–H groups in total. The fourth-order valence-corrected chi connectivity index (χ4v) is 3.43. The molecule has 1 aromatic heterocycles. The Labute approximate surface area is 205 Å². The Balaban J connectivity index is 1.76. The van der Waals surface area contributed by atoms with Gasteiger partial charge in [-0.1, -0.05) is 40.9 Å². The largest absolute Gasteiger partial charge is 0.321 e. The first-order valence-electron chi connectivity index (χ1n) is 10.1. The van der Waals surface area contributed by atoms with Crippen LogP contribution >= 0.6 is 23.2 Å². The monoisotopic (exact) mass is 489 g/mol. The van der Waals surface area contributed by atoms with Gasteiger partial charge in [0.25, 0.3) is 11.8 Å². The first kappa shape index (κ1) is 23.1. The lowest BCUT2D eigenvalue weighted by molar-refractivity contribution is 0.101. The molecule has 0 unspecified atom stereocenters. The third-order valence-electron chi connectivity index (χ3n) is 4.93. The number of nitriles is 1. The van der Waals surface area contributed by atoms with Crippen LogP contribution in [0.5, 0.6) is 0 Å². The molecule has 7 nitrogen and oxygen atoms in total. The second-order valence-corrected chi connectivity index (χ2v) is 8.23. The predicted molar refractivity (Wildman–Crippen MR) is 132 cm³/mol. The Morgan fingerprint density at radius 3 is 2.03 bits per heavy atom. The minimum absolute atomic E-state index is 0.0545. The summed E-state index contributed by atoms with van der Waals surface area (Å²) in [6.45, 7) is 1.93. The number of aryl methyl sites for hydroxylation is 1. The highest BCUT2D eigenvalue weighted by atomic mass is 35.5. The maximum absolute atomic E-state index is 13.0. The zero-order chi connectivity index (χ0) is 24.2. The predicted octanol–water partition coefficient (Wildman–Crippen LogP) is 5.86. The van der Waals surface area contributed by atoms with Crippen molar-refractivity contribution in [3.63, 3.8) is 0 Å². The van der Waals surface area contributed by atoms with Crippen LogP contribution in [0.4, 0.5) is 11.5 Å². The van der Waals surface area contributed by atoms with Crippen molar-refractivity contribution in [2.24, 2.45) is 0 Å². The van der Waals surface area contributed by atoms with Crippen molar-refractivity contribution in [2.75, 3.05) is 10.6 Å². The number of anilines is 2. The molecule has 4 rings (SSSR count). The number of nitrogens with zero attached hydrogens (tertiary/aromatic N) is 3. The smallest absolute Gasteiger partial charge is 0.277 e. The normalized spacial score (nSPS) is 10.4. The van der Waals surface area contributed by atoms with Gasteiger partial charge in [-0.25, -0.2) is 4.68 Å². The van der Waals surface area contributed by atoms with E-state index in [1.54, 1.807) is 60.7 Å². The van der Waals surface area contributed by atoms with Gasteiger partial charge >= 0.3 is 0 Å². The number of aromatic nitrogens is 2. The van der Waals surface area contributed by atoms with Crippen LogP contribution in [0.1, 0.15) is 32.0 Å². The molecule has 0 saturated heterocycles. The second-order valence-electron chi connectivity index (χ2n) is 7.35. The molecule has 0 saturated carbocycles. The SMILES string of the molecule is Cc1ccc(NC(=O)c2nn(-c3ccc(Cl)cc3)c(NC(=O)c3ccc(Cl)cc3)c2C#N)cc1. The quantitative estimate of drug-likeness (QED) is 0.366. The van der Waals surface area contributed by atoms with Crippen LogP contribution in [-0.2, 0) is 0 Å². The maximum Gasteiger partial charge on any atom is 0.277 e. The molecule has 3 aromatic carbocycles. The molecule has 0 aliphatic carbocycles. The van der Waals surface area contributed by atoms with Crippen LogP contribution in [0.3, 0.4) is 0 Å². The molecule has 0 atom stereocenters. The number of amides is 2. The Kier molecular flexibility index (Phi) is 6.64. The van der Waals surface area contributed by atoms with Gasteiger partial charge in [0, 0.05) is 21.3 Å². The van der Waals surface area contributed by atoms with Crippen LogP contribution in [-0.4, -0.2) is 21.6 Å². The van der Waals surface area contributed by atoms with Crippen LogP contribution in [0.2, 0.25) is 10.0 Å². The fraction of sp³-hybridized carbons (Fsp3) is 0.0400. The number of carbonyl (C=O) groups is 2. The molecule has 9 heteroatoms. The topological polar surface area (TPSA) is 99.8 Å². The van der Waals surface area contributed by atoms with Crippen molar-refractivity contribution in [1.29, 1.82) is 5.26 Å². The van der Waals surface area contributed by atoms with Gasteiger partial charge in [0.15, 0.2) is 11.5 Å². The molecule has 34 heavy (non-hydrogen) atoms. The fourth-order valence-electron chi connectivity index (χ4n) is 3.18. The number of nitrogens with one attached hydrogen (secondary N) is 2. The van der Waals surface area contributed by atoms with Crippen molar-refractivity contribution in [1.82, 2.24) is 9.78 Å². The van der Waals surface area contributed by atoms with E-state index >= 15 is 0 Å². The van der Waals surface area contributed by atoms with Gasteiger partial charge < -0.3 is 10.6 Å². The Hall–Kier alpha value is -4.12. The van der Waals surface area contributed by atoms with E-state index in [-0.39, 0.29) is 17.1 Å². The van der Waals surface area contributed by atoms with E-state index < -0.39 is 11.8 Å². The molecular weight excluding hydrogens is 473 g/mol. The van der Waals surface area contributed by atoms with E-state index in [1.165, 1.54) is 4.68 Å². The molecule has 4 aromatic rings. The summed E-state index contributed by atoms with van der Waals surface area (Å²) in [6.07, 6.45) is 0. The lowest BCUT2D eigenvalue weighted by atomic mass is 10.2. The average Bonchev–Trinajstić information content (AvgIpc) is 3.19. The lowest BCUT2D eigenvalue weighted by Crippen LogP contribution is -2.16. The Morgan fingerprint density at radius 2 is 1.44 bits per heavy atom. The zero-order valence-corrected chi connectivity index (χ0v) is 19.4. The lowest BCUT2D eigenvalue weighted by Gasteiger charge is -2.09. The molecule has 0 aliphatic rings. The highest BCUT2D eigenvalue weighted by Gasteiger charge is 2.26. The number of carbonyl (C=O) groups excluding carboxylic acids is 2. The molecular formula is C25H17Cl2N5O2. The summed E-state index contributed by atoms with van der Waals surface area (Å²) in [5.41, 5.74) is 2.19.